The molecule has 1 atom stereocenters. The summed E-state index contributed by atoms with van der Waals surface area (Å²) in [6.07, 6.45) is 16.5. The van der Waals surface area contributed by atoms with Gasteiger partial charge >= 0.3 is 0 Å². The van der Waals surface area contributed by atoms with Gasteiger partial charge in [-0.1, -0.05) is 19.8 Å². The molecule has 2 fully saturated rings. The molecule has 5 heteroatoms. The van der Waals surface area contributed by atoms with Crippen molar-refractivity contribution in [2.24, 2.45) is 0 Å². The van der Waals surface area contributed by atoms with Crippen LogP contribution in [0.5, 0.6) is 0 Å². The third kappa shape index (κ3) is 2.78. The van der Waals surface area contributed by atoms with Crippen molar-refractivity contribution in [3.05, 3.63) is 36.3 Å². The number of hydrogen-bond donors (Lipinski definition) is 0. The standard InChI is InChI=1S/C18H25N5/c1-2-17-20-9-11-23(17)18-13-19-12-15(21-18)16-8-5-10-22(16)14-6-3-4-7-14/h9,11-14,16H,2-8,10H2,1H3. The van der Waals surface area contributed by atoms with E-state index in [0.717, 1.165) is 29.8 Å². The molecule has 0 aromatic carbocycles. The van der Waals surface area contributed by atoms with Gasteiger partial charge in [-0.25, -0.2) is 9.97 Å². The predicted molar refractivity (Wildman–Crippen MR) is 89.5 cm³/mol. The van der Waals surface area contributed by atoms with Crippen molar-refractivity contribution < 1.29 is 0 Å². The van der Waals surface area contributed by atoms with Gasteiger partial charge in [0.25, 0.3) is 0 Å². The van der Waals surface area contributed by atoms with Crippen LogP contribution in [-0.4, -0.2) is 37.0 Å². The summed E-state index contributed by atoms with van der Waals surface area (Å²) >= 11 is 0. The third-order valence-corrected chi connectivity index (χ3v) is 5.35. The van der Waals surface area contributed by atoms with Gasteiger partial charge in [0.1, 0.15) is 5.82 Å². The largest absolute Gasteiger partial charge is 0.292 e. The number of hydrogen-bond acceptors (Lipinski definition) is 4. The molecular formula is C18H25N5. The lowest BCUT2D eigenvalue weighted by atomic mass is 10.1. The number of aromatic nitrogens is 4. The molecule has 2 aliphatic rings. The van der Waals surface area contributed by atoms with Crippen LogP contribution in [0, 0.1) is 0 Å². The van der Waals surface area contributed by atoms with Crippen LogP contribution in [0.1, 0.15) is 63.0 Å². The number of rotatable bonds is 4. The zero-order chi connectivity index (χ0) is 15.6. The summed E-state index contributed by atoms with van der Waals surface area (Å²) in [6.45, 7) is 3.33. The van der Waals surface area contributed by atoms with Crippen LogP contribution in [0.2, 0.25) is 0 Å². The molecule has 1 saturated carbocycles. The minimum Gasteiger partial charge on any atom is -0.292 e. The van der Waals surface area contributed by atoms with Crippen molar-refractivity contribution in [1.29, 1.82) is 0 Å². The molecule has 0 bridgehead atoms. The minimum atomic E-state index is 0.444. The maximum absolute atomic E-state index is 4.95. The Bertz CT molecular complexity index is 659. The minimum absolute atomic E-state index is 0.444. The summed E-state index contributed by atoms with van der Waals surface area (Å²) in [5.74, 6) is 1.94. The fraction of sp³-hybridized carbons (Fsp3) is 0.611. The Morgan fingerprint density at radius 3 is 2.83 bits per heavy atom. The Kier molecular flexibility index (Phi) is 4.12. The summed E-state index contributed by atoms with van der Waals surface area (Å²) in [5, 5.41) is 0. The molecule has 1 aliphatic carbocycles. The van der Waals surface area contributed by atoms with Crippen LogP contribution in [0.3, 0.4) is 0 Å². The molecule has 0 radical (unpaired) electrons. The SMILES string of the molecule is CCc1nccn1-c1cncc(C2CCCN2C2CCCC2)n1. The maximum atomic E-state index is 4.95. The molecule has 23 heavy (non-hydrogen) atoms. The van der Waals surface area contributed by atoms with E-state index < -0.39 is 0 Å². The van der Waals surface area contributed by atoms with Gasteiger partial charge in [0.2, 0.25) is 0 Å². The average Bonchev–Trinajstić information content (AvgIpc) is 3.34. The lowest BCUT2D eigenvalue weighted by molar-refractivity contribution is 0.179. The van der Waals surface area contributed by atoms with Gasteiger partial charge in [0.05, 0.1) is 24.1 Å². The molecule has 0 spiro atoms. The van der Waals surface area contributed by atoms with Crippen molar-refractivity contribution in [3.63, 3.8) is 0 Å². The van der Waals surface area contributed by atoms with Crippen LogP contribution >= 0.6 is 0 Å². The third-order valence-electron chi connectivity index (χ3n) is 5.35. The molecular weight excluding hydrogens is 286 g/mol. The number of nitrogens with zero attached hydrogens (tertiary/aromatic N) is 5. The second kappa shape index (κ2) is 6.40. The first-order valence-corrected chi connectivity index (χ1v) is 8.97. The van der Waals surface area contributed by atoms with E-state index in [1.165, 1.54) is 45.1 Å². The van der Waals surface area contributed by atoms with Gasteiger partial charge < -0.3 is 0 Å². The van der Waals surface area contributed by atoms with Gasteiger partial charge in [0.15, 0.2) is 5.82 Å². The summed E-state index contributed by atoms with van der Waals surface area (Å²) in [7, 11) is 0. The summed E-state index contributed by atoms with van der Waals surface area (Å²) in [4.78, 5) is 16.5. The molecule has 0 amide bonds. The van der Waals surface area contributed by atoms with E-state index in [9.17, 15) is 0 Å². The van der Waals surface area contributed by atoms with Gasteiger partial charge in [-0.05, 0) is 32.2 Å². The Hall–Kier alpha value is -1.75. The van der Waals surface area contributed by atoms with Crippen LogP contribution in [0.15, 0.2) is 24.8 Å². The lowest BCUT2D eigenvalue weighted by Gasteiger charge is -2.30. The highest BCUT2D eigenvalue weighted by Gasteiger charge is 2.34. The second-order valence-electron chi connectivity index (χ2n) is 6.70. The van der Waals surface area contributed by atoms with E-state index >= 15 is 0 Å². The van der Waals surface area contributed by atoms with Crippen molar-refractivity contribution in [3.8, 4) is 5.82 Å². The molecule has 0 N–H and O–H groups in total. The van der Waals surface area contributed by atoms with Crippen LogP contribution < -0.4 is 0 Å². The van der Waals surface area contributed by atoms with E-state index in [-0.39, 0.29) is 0 Å². The van der Waals surface area contributed by atoms with Crippen LogP contribution in [0.4, 0.5) is 0 Å². The fourth-order valence-corrected chi connectivity index (χ4v) is 4.23. The Morgan fingerprint density at radius 1 is 1.13 bits per heavy atom. The first-order chi connectivity index (χ1) is 11.4. The molecule has 2 aromatic rings. The van der Waals surface area contributed by atoms with Gasteiger partial charge in [-0.15, -0.1) is 0 Å². The normalized spacial score (nSPS) is 22.9. The van der Waals surface area contributed by atoms with E-state index in [4.69, 9.17) is 4.98 Å². The molecule has 1 aliphatic heterocycles. The Morgan fingerprint density at radius 2 is 2.00 bits per heavy atom. The molecule has 1 saturated heterocycles. The summed E-state index contributed by atoms with van der Waals surface area (Å²) < 4.78 is 2.06. The van der Waals surface area contributed by atoms with Crippen molar-refractivity contribution in [2.45, 2.75) is 64.0 Å². The summed E-state index contributed by atoms with van der Waals surface area (Å²) in [5.41, 5.74) is 1.13. The quantitative estimate of drug-likeness (QED) is 0.869. The van der Waals surface area contributed by atoms with E-state index in [0.29, 0.717) is 6.04 Å². The molecule has 122 valence electrons. The molecule has 2 aromatic heterocycles. The lowest BCUT2D eigenvalue weighted by Crippen LogP contribution is -2.33. The van der Waals surface area contributed by atoms with Crippen molar-refractivity contribution in [2.75, 3.05) is 6.54 Å². The van der Waals surface area contributed by atoms with E-state index in [1.807, 2.05) is 24.8 Å². The number of aryl methyl sites for hydroxylation is 1. The zero-order valence-electron chi connectivity index (χ0n) is 13.9. The molecule has 5 nitrogen and oxygen atoms in total. The van der Waals surface area contributed by atoms with Crippen molar-refractivity contribution in [1.82, 2.24) is 24.4 Å². The zero-order valence-corrected chi connectivity index (χ0v) is 13.9. The second-order valence-corrected chi connectivity index (χ2v) is 6.70. The van der Waals surface area contributed by atoms with Crippen LogP contribution in [0.25, 0.3) is 5.82 Å². The maximum Gasteiger partial charge on any atom is 0.156 e. The number of imidazole rings is 1. The first kappa shape index (κ1) is 14.8. The highest BCUT2D eigenvalue weighted by molar-refractivity contribution is 5.24. The van der Waals surface area contributed by atoms with Gasteiger partial charge in [-0.2, -0.15) is 0 Å². The molecule has 3 heterocycles. The average molecular weight is 311 g/mol. The first-order valence-electron chi connectivity index (χ1n) is 8.97. The Balaban J connectivity index is 1.63. The Labute approximate surface area is 137 Å². The summed E-state index contributed by atoms with van der Waals surface area (Å²) in [6, 6.07) is 1.20. The van der Waals surface area contributed by atoms with Gasteiger partial charge in [-0.3, -0.25) is 14.5 Å². The molecule has 4 rings (SSSR count). The van der Waals surface area contributed by atoms with Crippen molar-refractivity contribution >= 4 is 0 Å². The van der Waals surface area contributed by atoms with Crippen LogP contribution in [-0.2, 0) is 6.42 Å². The predicted octanol–water partition coefficient (Wildman–Crippen LogP) is 3.30. The monoisotopic (exact) mass is 311 g/mol. The number of likely N-dealkylation sites (tertiary alicyclic amines) is 1. The topological polar surface area (TPSA) is 46.8 Å². The van der Waals surface area contributed by atoms with E-state index in [2.05, 4.69) is 26.4 Å². The van der Waals surface area contributed by atoms with Gasteiger partial charge in [0, 0.05) is 24.9 Å². The van der Waals surface area contributed by atoms with E-state index in [1.54, 1.807) is 0 Å². The highest BCUT2D eigenvalue weighted by Crippen LogP contribution is 2.37. The molecule has 1 unspecified atom stereocenters. The fourth-order valence-electron chi connectivity index (χ4n) is 4.23. The smallest absolute Gasteiger partial charge is 0.156 e. The highest BCUT2D eigenvalue weighted by atomic mass is 15.2.